The van der Waals surface area contributed by atoms with Gasteiger partial charge in [-0.3, -0.25) is 4.79 Å². The number of rotatable bonds is 5. The molecule has 1 aromatic rings. The highest BCUT2D eigenvalue weighted by atomic mass is 32.2. The molecule has 0 spiro atoms. The number of hydrogen-bond acceptors (Lipinski definition) is 3. The molecule has 0 bridgehead atoms. The van der Waals surface area contributed by atoms with Gasteiger partial charge in [-0.1, -0.05) is 19.1 Å². The van der Waals surface area contributed by atoms with E-state index in [1.54, 1.807) is 12.1 Å². The maximum atomic E-state index is 11.7. The van der Waals surface area contributed by atoms with Gasteiger partial charge in [0.25, 0.3) is 0 Å². The highest BCUT2D eigenvalue weighted by Gasteiger charge is 2.12. The molecule has 16 heavy (non-hydrogen) atoms. The molecule has 0 saturated heterocycles. The Morgan fingerprint density at radius 3 is 2.25 bits per heavy atom. The molecule has 88 valence electrons. The van der Waals surface area contributed by atoms with Crippen LogP contribution in [0.4, 0.5) is 0 Å². The molecule has 1 amide bonds. The number of amides is 1. The van der Waals surface area contributed by atoms with Gasteiger partial charge in [-0.05, 0) is 24.1 Å². The molecular weight excluding hydrogens is 226 g/mol. The summed E-state index contributed by atoms with van der Waals surface area (Å²) in [4.78, 5) is 11.0. The van der Waals surface area contributed by atoms with Gasteiger partial charge in [0.1, 0.15) is 0 Å². The van der Waals surface area contributed by atoms with Crippen LogP contribution in [-0.4, -0.2) is 20.1 Å². The van der Waals surface area contributed by atoms with Gasteiger partial charge in [0.15, 0.2) is 9.84 Å². The van der Waals surface area contributed by atoms with Gasteiger partial charge in [0, 0.05) is 0 Å². The Kier molecular flexibility index (Phi) is 4.06. The number of sulfone groups is 1. The SMILES string of the molecule is CCCS(=O)(=O)c1ccc(CC(N)=O)cc1. The Hall–Kier alpha value is -1.36. The molecule has 0 aliphatic rings. The van der Waals surface area contributed by atoms with Gasteiger partial charge in [-0.2, -0.15) is 0 Å². The first kappa shape index (κ1) is 12.7. The molecule has 2 N–H and O–H groups in total. The van der Waals surface area contributed by atoms with E-state index in [1.165, 1.54) is 12.1 Å². The Bertz CT molecular complexity index is 463. The number of benzene rings is 1. The summed E-state index contributed by atoms with van der Waals surface area (Å²) in [5, 5.41) is 0. The van der Waals surface area contributed by atoms with Crippen LogP contribution in [0.15, 0.2) is 29.2 Å². The highest BCUT2D eigenvalue weighted by Crippen LogP contribution is 2.13. The predicted molar refractivity (Wildman–Crippen MR) is 61.7 cm³/mol. The van der Waals surface area contributed by atoms with Gasteiger partial charge >= 0.3 is 0 Å². The summed E-state index contributed by atoms with van der Waals surface area (Å²) in [6, 6.07) is 6.27. The minimum absolute atomic E-state index is 0.133. The van der Waals surface area contributed by atoms with Crippen molar-refractivity contribution in [2.75, 3.05) is 5.75 Å². The second-order valence-electron chi connectivity index (χ2n) is 3.61. The van der Waals surface area contributed by atoms with E-state index in [0.29, 0.717) is 11.3 Å². The lowest BCUT2D eigenvalue weighted by Crippen LogP contribution is -2.13. The van der Waals surface area contributed by atoms with Gasteiger partial charge in [-0.25, -0.2) is 8.42 Å². The Labute approximate surface area is 95.4 Å². The molecule has 0 aliphatic carbocycles. The van der Waals surface area contributed by atoms with Crippen molar-refractivity contribution >= 4 is 15.7 Å². The van der Waals surface area contributed by atoms with Crippen molar-refractivity contribution in [3.63, 3.8) is 0 Å². The van der Waals surface area contributed by atoms with Crippen LogP contribution >= 0.6 is 0 Å². The van der Waals surface area contributed by atoms with Gasteiger partial charge in [0.2, 0.25) is 5.91 Å². The summed E-state index contributed by atoms with van der Waals surface area (Å²) in [7, 11) is -3.17. The second kappa shape index (κ2) is 5.12. The van der Waals surface area contributed by atoms with Gasteiger partial charge in [-0.15, -0.1) is 0 Å². The second-order valence-corrected chi connectivity index (χ2v) is 5.72. The molecule has 0 radical (unpaired) electrons. The molecule has 5 heteroatoms. The maximum absolute atomic E-state index is 11.7. The lowest BCUT2D eigenvalue weighted by molar-refractivity contribution is -0.117. The van der Waals surface area contributed by atoms with Crippen LogP contribution in [0.1, 0.15) is 18.9 Å². The van der Waals surface area contributed by atoms with Crippen LogP contribution < -0.4 is 5.73 Å². The molecule has 0 aliphatic heterocycles. The summed E-state index contributed by atoms with van der Waals surface area (Å²) >= 11 is 0. The zero-order valence-corrected chi connectivity index (χ0v) is 9.96. The monoisotopic (exact) mass is 241 g/mol. The summed E-state index contributed by atoms with van der Waals surface area (Å²) in [6.07, 6.45) is 0.722. The number of hydrogen-bond donors (Lipinski definition) is 1. The van der Waals surface area contributed by atoms with Crippen molar-refractivity contribution in [2.45, 2.75) is 24.7 Å². The molecule has 1 rings (SSSR count). The molecular formula is C11H15NO3S. The van der Waals surface area contributed by atoms with E-state index < -0.39 is 15.7 Å². The largest absolute Gasteiger partial charge is 0.369 e. The van der Waals surface area contributed by atoms with Crippen LogP contribution in [0.5, 0.6) is 0 Å². The molecule has 0 aromatic heterocycles. The van der Waals surface area contributed by atoms with Crippen molar-refractivity contribution in [1.82, 2.24) is 0 Å². The van der Waals surface area contributed by atoms with Crippen molar-refractivity contribution in [3.05, 3.63) is 29.8 Å². The van der Waals surface area contributed by atoms with Gasteiger partial charge in [0.05, 0.1) is 17.1 Å². The first-order chi connectivity index (χ1) is 7.45. The summed E-state index contributed by atoms with van der Waals surface area (Å²) < 4.78 is 23.3. The average molecular weight is 241 g/mol. The Morgan fingerprint density at radius 2 is 1.81 bits per heavy atom. The molecule has 0 atom stereocenters. The van der Waals surface area contributed by atoms with Gasteiger partial charge < -0.3 is 5.73 Å². The van der Waals surface area contributed by atoms with Crippen molar-refractivity contribution < 1.29 is 13.2 Å². The van der Waals surface area contributed by atoms with Crippen LogP contribution in [0, 0.1) is 0 Å². The molecule has 1 aromatic carbocycles. The fourth-order valence-electron chi connectivity index (χ4n) is 1.40. The number of primary amides is 1. The standard InChI is InChI=1S/C11H15NO3S/c1-2-7-16(14,15)10-5-3-9(4-6-10)8-11(12)13/h3-6H,2,7-8H2,1H3,(H2,12,13). The number of nitrogens with two attached hydrogens (primary N) is 1. The zero-order chi connectivity index (χ0) is 12.2. The molecule has 0 unspecified atom stereocenters. The van der Waals surface area contributed by atoms with E-state index in [-0.39, 0.29) is 12.2 Å². The number of carbonyl (C=O) groups excluding carboxylic acids is 1. The third kappa shape index (κ3) is 3.34. The summed E-state index contributed by atoms with van der Waals surface area (Å²) in [5.74, 6) is -0.286. The average Bonchev–Trinajstić information content (AvgIpc) is 2.17. The first-order valence-electron chi connectivity index (χ1n) is 5.05. The molecule has 0 saturated carbocycles. The normalized spacial score (nSPS) is 11.3. The van der Waals surface area contributed by atoms with Crippen molar-refractivity contribution in [2.24, 2.45) is 5.73 Å². The maximum Gasteiger partial charge on any atom is 0.221 e. The van der Waals surface area contributed by atoms with E-state index >= 15 is 0 Å². The van der Waals surface area contributed by atoms with E-state index in [9.17, 15) is 13.2 Å². The quantitative estimate of drug-likeness (QED) is 0.832. The van der Waals surface area contributed by atoms with E-state index in [4.69, 9.17) is 5.73 Å². The topological polar surface area (TPSA) is 77.2 Å². The lowest BCUT2D eigenvalue weighted by Gasteiger charge is -2.03. The van der Waals surface area contributed by atoms with Crippen molar-refractivity contribution in [1.29, 1.82) is 0 Å². The predicted octanol–water partition coefficient (Wildman–Crippen LogP) is 0.898. The van der Waals surface area contributed by atoms with Crippen LogP contribution in [-0.2, 0) is 21.1 Å². The molecule has 4 nitrogen and oxygen atoms in total. The third-order valence-electron chi connectivity index (χ3n) is 2.13. The smallest absolute Gasteiger partial charge is 0.221 e. The highest BCUT2D eigenvalue weighted by molar-refractivity contribution is 7.91. The third-order valence-corrected chi connectivity index (χ3v) is 4.07. The Balaban J connectivity index is 2.91. The summed E-state index contributed by atoms with van der Waals surface area (Å²) in [6.45, 7) is 1.82. The first-order valence-corrected chi connectivity index (χ1v) is 6.71. The molecule has 0 heterocycles. The minimum atomic E-state index is -3.17. The van der Waals surface area contributed by atoms with Crippen LogP contribution in [0.3, 0.4) is 0 Å². The molecule has 0 fully saturated rings. The van der Waals surface area contributed by atoms with Crippen LogP contribution in [0.25, 0.3) is 0 Å². The van der Waals surface area contributed by atoms with E-state index in [0.717, 1.165) is 5.56 Å². The van der Waals surface area contributed by atoms with Crippen LogP contribution in [0.2, 0.25) is 0 Å². The van der Waals surface area contributed by atoms with E-state index in [1.807, 2.05) is 6.92 Å². The van der Waals surface area contributed by atoms with Crippen molar-refractivity contribution in [3.8, 4) is 0 Å². The minimum Gasteiger partial charge on any atom is -0.369 e. The van der Waals surface area contributed by atoms with E-state index in [2.05, 4.69) is 0 Å². The fourth-order valence-corrected chi connectivity index (χ4v) is 2.73. The lowest BCUT2D eigenvalue weighted by atomic mass is 10.1. The summed E-state index contributed by atoms with van der Waals surface area (Å²) in [5.41, 5.74) is 5.76. The zero-order valence-electron chi connectivity index (χ0n) is 9.14. The number of carbonyl (C=O) groups is 1. The Morgan fingerprint density at radius 1 is 1.25 bits per heavy atom. The fraction of sp³-hybridized carbons (Fsp3) is 0.364.